The molecular weight excluding hydrogens is 279 g/mol. The minimum atomic E-state index is 0.448. The van der Waals surface area contributed by atoms with Gasteiger partial charge in [-0.2, -0.15) is 0 Å². The van der Waals surface area contributed by atoms with Crippen LogP contribution in [0.4, 0.5) is 5.82 Å². The molecule has 0 atom stereocenters. The summed E-state index contributed by atoms with van der Waals surface area (Å²) in [5.41, 5.74) is 0. The highest BCUT2D eigenvalue weighted by Gasteiger charge is 2.14. The lowest BCUT2D eigenvalue weighted by molar-refractivity contribution is 0.0904. The van der Waals surface area contributed by atoms with Crippen LogP contribution in [0.25, 0.3) is 0 Å². The van der Waals surface area contributed by atoms with Crippen LogP contribution in [-0.4, -0.2) is 24.2 Å². The third kappa shape index (κ3) is 3.06. The lowest BCUT2D eigenvalue weighted by Gasteiger charge is -2.24. The van der Waals surface area contributed by atoms with E-state index in [1.165, 1.54) is 0 Å². The summed E-state index contributed by atoms with van der Waals surface area (Å²) in [5, 5.41) is 4.02. The number of hydrogen-bond acceptors (Lipinski definition) is 3. The van der Waals surface area contributed by atoms with Gasteiger partial charge < -0.3 is 10.1 Å². The van der Waals surface area contributed by atoms with E-state index in [0.29, 0.717) is 11.1 Å². The molecule has 1 aromatic heterocycles. The molecule has 82 valence electrons. The predicted octanol–water partition coefficient (Wildman–Crippen LogP) is 3.09. The molecule has 15 heavy (non-hydrogen) atoms. The quantitative estimate of drug-likeness (QED) is 0.909. The average molecular weight is 292 g/mol. The maximum absolute atomic E-state index is 5.82. The summed E-state index contributed by atoms with van der Waals surface area (Å²) in [4.78, 5) is 4.24. The van der Waals surface area contributed by atoms with Crippen LogP contribution in [0.15, 0.2) is 16.7 Å². The summed E-state index contributed by atoms with van der Waals surface area (Å²) < 4.78 is 6.20. The van der Waals surface area contributed by atoms with Gasteiger partial charge in [0.1, 0.15) is 5.82 Å². The Bertz CT molecular complexity index is 342. The topological polar surface area (TPSA) is 34.2 Å². The standard InChI is InChI=1S/C10H12BrClN2O/c11-9-5-7(12)6-13-10(9)14-8-1-3-15-4-2-8/h5-6,8H,1-4H2,(H,13,14). The van der Waals surface area contributed by atoms with Gasteiger partial charge in [-0.25, -0.2) is 4.98 Å². The van der Waals surface area contributed by atoms with Gasteiger partial charge in [-0.05, 0) is 34.8 Å². The number of nitrogens with zero attached hydrogens (tertiary/aromatic N) is 1. The smallest absolute Gasteiger partial charge is 0.140 e. The molecule has 3 nitrogen and oxygen atoms in total. The van der Waals surface area contributed by atoms with Crippen molar-refractivity contribution in [3.63, 3.8) is 0 Å². The fourth-order valence-corrected chi connectivity index (χ4v) is 2.31. The number of rotatable bonds is 2. The van der Waals surface area contributed by atoms with Gasteiger partial charge in [0.05, 0.1) is 9.50 Å². The molecule has 5 heteroatoms. The minimum absolute atomic E-state index is 0.448. The van der Waals surface area contributed by atoms with Gasteiger partial charge in [-0.1, -0.05) is 11.6 Å². The van der Waals surface area contributed by atoms with E-state index < -0.39 is 0 Å². The minimum Gasteiger partial charge on any atom is -0.381 e. The Morgan fingerprint density at radius 2 is 2.20 bits per heavy atom. The van der Waals surface area contributed by atoms with E-state index in [1.807, 2.05) is 6.07 Å². The normalized spacial score (nSPS) is 17.7. The SMILES string of the molecule is Clc1cnc(NC2CCOCC2)c(Br)c1. The van der Waals surface area contributed by atoms with Gasteiger partial charge in [0.2, 0.25) is 0 Å². The first-order valence-electron chi connectivity index (χ1n) is 4.91. The zero-order valence-electron chi connectivity index (χ0n) is 8.17. The summed E-state index contributed by atoms with van der Waals surface area (Å²) in [6.45, 7) is 1.64. The van der Waals surface area contributed by atoms with Crippen molar-refractivity contribution in [3.05, 3.63) is 21.8 Å². The van der Waals surface area contributed by atoms with E-state index >= 15 is 0 Å². The first kappa shape index (κ1) is 11.2. The second-order valence-electron chi connectivity index (χ2n) is 3.51. The van der Waals surface area contributed by atoms with Crippen molar-refractivity contribution >= 4 is 33.3 Å². The number of halogens is 2. The molecule has 0 amide bonds. The highest BCUT2D eigenvalue weighted by molar-refractivity contribution is 9.10. The van der Waals surface area contributed by atoms with Gasteiger partial charge in [0.25, 0.3) is 0 Å². The molecule has 0 spiro atoms. The van der Waals surface area contributed by atoms with Crippen LogP contribution in [-0.2, 0) is 4.74 Å². The van der Waals surface area contributed by atoms with Gasteiger partial charge in [0, 0.05) is 25.5 Å². The molecule has 0 unspecified atom stereocenters. The molecule has 0 aromatic carbocycles. The van der Waals surface area contributed by atoms with Crippen molar-refractivity contribution in [2.24, 2.45) is 0 Å². The Hall–Kier alpha value is -0.320. The van der Waals surface area contributed by atoms with Crippen molar-refractivity contribution in [2.45, 2.75) is 18.9 Å². The molecule has 1 fully saturated rings. The second-order valence-corrected chi connectivity index (χ2v) is 4.81. The highest BCUT2D eigenvalue weighted by atomic mass is 79.9. The van der Waals surface area contributed by atoms with Gasteiger partial charge in [-0.3, -0.25) is 0 Å². The summed E-state index contributed by atoms with van der Waals surface area (Å²) in [6.07, 6.45) is 3.70. The molecule has 1 aliphatic heterocycles. The first-order valence-corrected chi connectivity index (χ1v) is 6.08. The molecule has 1 saturated heterocycles. The van der Waals surface area contributed by atoms with Crippen LogP contribution in [0.1, 0.15) is 12.8 Å². The fourth-order valence-electron chi connectivity index (χ4n) is 1.56. The number of hydrogen-bond donors (Lipinski definition) is 1. The Morgan fingerprint density at radius 3 is 2.87 bits per heavy atom. The van der Waals surface area contributed by atoms with Crippen molar-refractivity contribution < 1.29 is 4.74 Å². The molecule has 1 aromatic rings. The molecule has 1 aliphatic rings. The van der Waals surface area contributed by atoms with Crippen molar-refractivity contribution in [1.29, 1.82) is 0 Å². The van der Waals surface area contributed by atoms with Gasteiger partial charge in [0.15, 0.2) is 0 Å². The van der Waals surface area contributed by atoms with Crippen molar-refractivity contribution in [2.75, 3.05) is 18.5 Å². The maximum atomic E-state index is 5.82. The first-order chi connectivity index (χ1) is 7.25. The van der Waals surface area contributed by atoms with Crippen LogP contribution in [0.5, 0.6) is 0 Å². The molecule has 0 saturated carbocycles. The number of anilines is 1. The molecule has 0 aliphatic carbocycles. The predicted molar refractivity (Wildman–Crippen MR) is 64.4 cm³/mol. The van der Waals surface area contributed by atoms with Gasteiger partial charge >= 0.3 is 0 Å². The maximum Gasteiger partial charge on any atom is 0.140 e. The molecular formula is C10H12BrClN2O. The van der Waals surface area contributed by atoms with Crippen molar-refractivity contribution in [1.82, 2.24) is 4.98 Å². The van der Waals surface area contributed by atoms with E-state index in [4.69, 9.17) is 16.3 Å². The summed E-state index contributed by atoms with van der Waals surface area (Å²) in [5.74, 6) is 0.853. The number of pyridine rings is 1. The van der Waals surface area contributed by atoms with Crippen LogP contribution >= 0.6 is 27.5 Å². The molecule has 1 N–H and O–H groups in total. The number of nitrogens with one attached hydrogen (secondary N) is 1. The molecule has 0 bridgehead atoms. The average Bonchev–Trinajstić information content (AvgIpc) is 2.24. The van der Waals surface area contributed by atoms with E-state index in [-0.39, 0.29) is 0 Å². The van der Waals surface area contributed by atoms with Crippen LogP contribution in [0, 0.1) is 0 Å². The second kappa shape index (κ2) is 5.14. The largest absolute Gasteiger partial charge is 0.381 e. The summed E-state index contributed by atoms with van der Waals surface area (Å²) >= 11 is 9.25. The lowest BCUT2D eigenvalue weighted by Crippen LogP contribution is -2.28. The third-order valence-electron chi connectivity index (χ3n) is 2.37. The van der Waals surface area contributed by atoms with Gasteiger partial charge in [-0.15, -0.1) is 0 Å². The van der Waals surface area contributed by atoms with E-state index in [0.717, 1.165) is 36.3 Å². The van der Waals surface area contributed by atoms with Crippen molar-refractivity contribution in [3.8, 4) is 0 Å². The zero-order valence-corrected chi connectivity index (χ0v) is 10.5. The van der Waals surface area contributed by atoms with E-state index in [2.05, 4.69) is 26.2 Å². The Labute approximate surface area is 102 Å². The summed E-state index contributed by atoms with van der Waals surface area (Å²) in [6, 6.07) is 2.29. The lowest BCUT2D eigenvalue weighted by atomic mass is 10.1. The molecule has 2 heterocycles. The zero-order chi connectivity index (χ0) is 10.7. The highest BCUT2D eigenvalue weighted by Crippen LogP contribution is 2.25. The Morgan fingerprint density at radius 1 is 1.47 bits per heavy atom. The molecule has 0 radical (unpaired) electrons. The monoisotopic (exact) mass is 290 g/mol. The van der Waals surface area contributed by atoms with Crippen LogP contribution in [0.3, 0.4) is 0 Å². The number of ether oxygens (including phenoxy) is 1. The van der Waals surface area contributed by atoms with Crippen LogP contribution in [0.2, 0.25) is 5.02 Å². The van der Waals surface area contributed by atoms with Crippen LogP contribution < -0.4 is 5.32 Å². The van der Waals surface area contributed by atoms with E-state index in [9.17, 15) is 0 Å². The number of aromatic nitrogens is 1. The fraction of sp³-hybridized carbons (Fsp3) is 0.500. The summed E-state index contributed by atoms with van der Waals surface area (Å²) in [7, 11) is 0. The Kier molecular flexibility index (Phi) is 3.83. The third-order valence-corrected chi connectivity index (χ3v) is 3.18. The van der Waals surface area contributed by atoms with E-state index in [1.54, 1.807) is 6.20 Å². The Balaban J connectivity index is 2.03. The molecule has 2 rings (SSSR count).